The molecule has 0 atom stereocenters. The van der Waals surface area contributed by atoms with Gasteiger partial charge in [-0.3, -0.25) is 9.89 Å². The van der Waals surface area contributed by atoms with Crippen LogP contribution in [0.3, 0.4) is 0 Å². The average Bonchev–Trinajstić information content (AvgIpc) is 3.19. The predicted molar refractivity (Wildman–Crippen MR) is 90.0 cm³/mol. The highest BCUT2D eigenvalue weighted by atomic mass is 16.7. The third-order valence-corrected chi connectivity index (χ3v) is 4.30. The van der Waals surface area contributed by atoms with Gasteiger partial charge in [-0.1, -0.05) is 13.8 Å². The number of benzene rings is 1. The summed E-state index contributed by atoms with van der Waals surface area (Å²) in [6.07, 6.45) is 2.78. The van der Waals surface area contributed by atoms with Gasteiger partial charge in [-0.05, 0) is 43.4 Å². The number of aromatic amines is 1. The van der Waals surface area contributed by atoms with Gasteiger partial charge in [-0.25, -0.2) is 0 Å². The number of rotatable bonds is 5. The van der Waals surface area contributed by atoms with Gasteiger partial charge in [0.1, 0.15) is 5.69 Å². The molecule has 2 N–H and O–H groups in total. The minimum absolute atomic E-state index is 0.0865. The highest BCUT2D eigenvalue weighted by Gasteiger charge is 2.31. The number of aromatic nitrogens is 2. The molecule has 126 valence electrons. The van der Waals surface area contributed by atoms with E-state index in [0.717, 1.165) is 47.7 Å². The number of fused-ring (bicyclic) bond motifs is 1. The molecule has 1 aromatic heterocycles. The van der Waals surface area contributed by atoms with E-state index in [1.54, 1.807) is 0 Å². The standard InChI is InChI=1S/C18H21N3O3/c1-10(2)7-13-17(19-18(22)11-3-4-11)16(21-20-13)12-5-6-14-15(8-12)24-9-23-14/h5-6,8,10-11H,3-4,7,9H2,1-2H3,(H,19,22)(H,20,21). The summed E-state index contributed by atoms with van der Waals surface area (Å²) in [6, 6.07) is 5.72. The number of anilines is 1. The lowest BCUT2D eigenvalue weighted by atomic mass is 10.0. The maximum atomic E-state index is 12.3. The molecular formula is C18H21N3O3. The van der Waals surface area contributed by atoms with E-state index in [2.05, 4.69) is 29.4 Å². The van der Waals surface area contributed by atoms with E-state index in [1.807, 2.05) is 18.2 Å². The second-order valence-electron chi connectivity index (χ2n) is 6.86. The zero-order valence-corrected chi connectivity index (χ0v) is 13.9. The Hall–Kier alpha value is -2.50. The second-order valence-corrected chi connectivity index (χ2v) is 6.86. The van der Waals surface area contributed by atoms with Crippen molar-refractivity contribution in [2.45, 2.75) is 33.1 Å². The minimum Gasteiger partial charge on any atom is -0.454 e. The Balaban J connectivity index is 1.70. The van der Waals surface area contributed by atoms with Crippen molar-refractivity contribution in [2.75, 3.05) is 12.1 Å². The van der Waals surface area contributed by atoms with Gasteiger partial charge in [0.2, 0.25) is 12.7 Å². The molecule has 0 saturated heterocycles. The fourth-order valence-corrected chi connectivity index (χ4v) is 2.89. The van der Waals surface area contributed by atoms with E-state index in [9.17, 15) is 4.79 Å². The summed E-state index contributed by atoms with van der Waals surface area (Å²) in [6.45, 7) is 4.53. The van der Waals surface area contributed by atoms with Crippen molar-refractivity contribution in [1.29, 1.82) is 0 Å². The van der Waals surface area contributed by atoms with Crippen LogP contribution in [0.4, 0.5) is 5.69 Å². The summed E-state index contributed by atoms with van der Waals surface area (Å²) in [5.41, 5.74) is 3.40. The third kappa shape index (κ3) is 2.84. The van der Waals surface area contributed by atoms with Crippen molar-refractivity contribution < 1.29 is 14.3 Å². The van der Waals surface area contributed by atoms with Crippen LogP contribution in [0.5, 0.6) is 11.5 Å². The van der Waals surface area contributed by atoms with Crippen molar-refractivity contribution >= 4 is 11.6 Å². The first kappa shape index (κ1) is 15.1. The number of nitrogens with one attached hydrogen (secondary N) is 2. The molecule has 24 heavy (non-hydrogen) atoms. The average molecular weight is 327 g/mol. The van der Waals surface area contributed by atoms with Gasteiger partial charge in [-0.15, -0.1) is 0 Å². The number of nitrogens with zero attached hydrogens (tertiary/aromatic N) is 1. The Bertz CT molecular complexity index is 778. The molecule has 2 aromatic rings. The van der Waals surface area contributed by atoms with Crippen LogP contribution >= 0.6 is 0 Å². The molecule has 1 aliphatic heterocycles. The maximum absolute atomic E-state index is 12.3. The molecule has 1 aromatic carbocycles. The summed E-state index contributed by atoms with van der Waals surface area (Å²) in [7, 11) is 0. The quantitative estimate of drug-likeness (QED) is 0.883. The van der Waals surface area contributed by atoms with Crippen LogP contribution in [0.1, 0.15) is 32.4 Å². The zero-order chi connectivity index (χ0) is 16.7. The Morgan fingerprint density at radius 1 is 1.33 bits per heavy atom. The summed E-state index contributed by atoms with van der Waals surface area (Å²) in [5, 5.41) is 10.6. The highest BCUT2D eigenvalue weighted by molar-refractivity contribution is 5.98. The van der Waals surface area contributed by atoms with Crippen molar-refractivity contribution in [2.24, 2.45) is 11.8 Å². The molecule has 2 heterocycles. The lowest BCUT2D eigenvalue weighted by molar-refractivity contribution is -0.117. The lowest BCUT2D eigenvalue weighted by Crippen LogP contribution is -2.15. The normalized spacial score (nSPS) is 15.8. The number of H-pyrrole nitrogens is 1. The topological polar surface area (TPSA) is 76.2 Å². The monoisotopic (exact) mass is 327 g/mol. The first-order valence-corrected chi connectivity index (χ1v) is 8.40. The molecule has 1 fully saturated rings. The van der Waals surface area contributed by atoms with Crippen LogP contribution in [0.25, 0.3) is 11.3 Å². The molecule has 2 aliphatic rings. The molecule has 6 nitrogen and oxygen atoms in total. The van der Waals surface area contributed by atoms with E-state index in [0.29, 0.717) is 11.7 Å². The van der Waals surface area contributed by atoms with Gasteiger partial charge < -0.3 is 14.8 Å². The van der Waals surface area contributed by atoms with E-state index in [-0.39, 0.29) is 18.6 Å². The Labute approximate surface area is 140 Å². The summed E-state index contributed by atoms with van der Waals surface area (Å²) in [5.74, 6) is 2.15. The molecule has 1 aliphatic carbocycles. The van der Waals surface area contributed by atoms with Crippen LogP contribution in [0.2, 0.25) is 0 Å². The van der Waals surface area contributed by atoms with Crippen LogP contribution in [0.15, 0.2) is 18.2 Å². The van der Waals surface area contributed by atoms with Gasteiger partial charge in [0.25, 0.3) is 0 Å². The van der Waals surface area contributed by atoms with Crippen molar-refractivity contribution in [3.05, 3.63) is 23.9 Å². The molecule has 0 radical (unpaired) electrons. The van der Waals surface area contributed by atoms with E-state index < -0.39 is 0 Å². The second kappa shape index (κ2) is 5.85. The fourth-order valence-electron chi connectivity index (χ4n) is 2.89. The van der Waals surface area contributed by atoms with E-state index >= 15 is 0 Å². The van der Waals surface area contributed by atoms with Crippen molar-refractivity contribution in [3.8, 4) is 22.8 Å². The first-order valence-electron chi connectivity index (χ1n) is 8.40. The summed E-state index contributed by atoms with van der Waals surface area (Å²) >= 11 is 0. The number of carbonyl (C=O) groups excluding carboxylic acids is 1. The predicted octanol–water partition coefficient (Wildman–Crippen LogP) is 3.35. The van der Waals surface area contributed by atoms with E-state index in [1.165, 1.54) is 0 Å². The molecule has 6 heteroatoms. The third-order valence-electron chi connectivity index (χ3n) is 4.30. The van der Waals surface area contributed by atoms with Gasteiger partial charge >= 0.3 is 0 Å². The molecule has 0 spiro atoms. The molecule has 0 unspecified atom stereocenters. The molecule has 0 bridgehead atoms. The van der Waals surface area contributed by atoms with Gasteiger partial charge in [0.15, 0.2) is 11.5 Å². The SMILES string of the molecule is CC(C)Cc1[nH]nc(-c2ccc3c(c2)OCO3)c1NC(=O)C1CC1. The van der Waals surface area contributed by atoms with Crippen LogP contribution < -0.4 is 14.8 Å². The fraction of sp³-hybridized carbons (Fsp3) is 0.444. The first-order chi connectivity index (χ1) is 11.6. The number of hydrogen-bond acceptors (Lipinski definition) is 4. The summed E-state index contributed by atoms with van der Waals surface area (Å²) < 4.78 is 10.8. The number of ether oxygens (including phenoxy) is 2. The van der Waals surface area contributed by atoms with Gasteiger partial charge in [-0.2, -0.15) is 5.10 Å². The van der Waals surface area contributed by atoms with Crippen LogP contribution in [-0.2, 0) is 11.2 Å². The lowest BCUT2D eigenvalue weighted by Gasteiger charge is -2.10. The number of carbonyl (C=O) groups is 1. The smallest absolute Gasteiger partial charge is 0.231 e. The van der Waals surface area contributed by atoms with E-state index in [4.69, 9.17) is 9.47 Å². The van der Waals surface area contributed by atoms with Gasteiger partial charge in [0.05, 0.1) is 11.4 Å². The largest absolute Gasteiger partial charge is 0.454 e. The van der Waals surface area contributed by atoms with Gasteiger partial charge in [0, 0.05) is 11.5 Å². The molecule has 4 rings (SSSR count). The molecule has 1 amide bonds. The number of amides is 1. The van der Waals surface area contributed by atoms with Crippen molar-refractivity contribution in [1.82, 2.24) is 10.2 Å². The Kier molecular flexibility index (Phi) is 3.67. The van der Waals surface area contributed by atoms with Crippen molar-refractivity contribution in [3.63, 3.8) is 0 Å². The van der Waals surface area contributed by atoms with Crippen LogP contribution in [-0.4, -0.2) is 22.9 Å². The number of hydrogen-bond donors (Lipinski definition) is 2. The minimum atomic E-state index is 0.0865. The highest BCUT2D eigenvalue weighted by Crippen LogP contribution is 2.39. The zero-order valence-electron chi connectivity index (χ0n) is 13.9. The Morgan fingerprint density at radius 2 is 2.12 bits per heavy atom. The molecule has 1 saturated carbocycles. The Morgan fingerprint density at radius 3 is 2.88 bits per heavy atom. The summed E-state index contributed by atoms with van der Waals surface area (Å²) in [4.78, 5) is 12.3. The maximum Gasteiger partial charge on any atom is 0.231 e. The van der Waals surface area contributed by atoms with Crippen LogP contribution in [0, 0.1) is 11.8 Å². The molecular weight excluding hydrogens is 306 g/mol.